The number of carbonyl (C=O) groups is 2. The summed E-state index contributed by atoms with van der Waals surface area (Å²) in [6.45, 7) is 15.4. The Balaban J connectivity index is 1.98. The molecular formula is C26H40O6. The van der Waals surface area contributed by atoms with Gasteiger partial charge in [0.25, 0.3) is 0 Å². The van der Waals surface area contributed by atoms with E-state index in [0.717, 1.165) is 43.3 Å². The second-order valence-electron chi connectivity index (χ2n) is 10.8. The van der Waals surface area contributed by atoms with E-state index in [1.807, 2.05) is 0 Å². The molecule has 0 radical (unpaired) electrons. The minimum atomic E-state index is -0.842. The van der Waals surface area contributed by atoms with Gasteiger partial charge in [-0.05, 0) is 63.7 Å². The van der Waals surface area contributed by atoms with Crippen LogP contribution in [0, 0.1) is 35.5 Å². The number of carbonyl (C=O) groups excluding carboxylic acids is 2. The van der Waals surface area contributed by atoms with Gasteiger partial charge in [0.15, 0.2) is 0 Å². The first-order valence-corrected chi connectivity index (χ1v) is 12.0. The third kappa shape index (κ3) is 5.56. The summed E-state index contributed by atoms with van der Waals surface area (Å²) in [5.41, 5.74) is 1.10. The molecule has 3 aliphatic rings. The van der Waals surface area contributed by atoms with Crippen LogP contribution in [-0.4, -0.2) is 35.0 Å². The molecule has 6 nitrogen and oxygen atoms in total. The van der Waals surface area contributed by atoms with Gasteiger partial charge in [-0.3, -0.25) is 9.59 Å². The summed E-state index contributed by atoms with van der Waals surface area (Å²) in [5, 5.41) is 10.5. The minimum absolute atomic E-state index is 0.000699. The number of hydrogen-bond donors (Lipinski definition) is 1. The summed E-state index contributed by atoms with van der Waals surface area (Å²) in [4.78, 5) is 23.9. The number of esters is 2. The molecule has 8 atom stereocenters. The van der Waals surface area contributed by atoms with E-state index in [1.54, 1.807) is 20.1 Å². The zero-order valence-electron chi connectivity index (χ0n) is 20.4. The van der Waals surface area contributed by atoms with Crippen molar-refractivity contribution in [2.45, 2.75) is 91.6 Å². The Kier molecular flexibility index (Phi) is 7.43. The molecule has 0 amide bonds. The molecule has 0 aromatic rings. The first kappa shape index (κ1) is 24.8. The first-order chi connectivity index (χ1) is 14.9. The number of rotatable bonds is 5. The zero-order valence-corrected chi connectivity index (χ0v) is 20.4. The summed E-state index contributed by atoms with van der Waals surface area (Å²) in [6, 6.07) is 0. The molecule has 2 fully saturated rings. The Hall–Kier alpha value is -1.82. The van der Waals surface area contributed by atoms with E-state index in [0.29, 0.717) is 11.8 Å². The maximum absolute atomic E-state index is 12.1. The van der Waals surface area contributed by atoms with Crippen molar-refractivity contribution in [1.29, 1.82) is 0 Å². The van der Waals surface area contributed by atoms with Crippen LogP contribution in [-0.2, 0) is 23.8 Å². The lowest BCUT2D eigenvalue weighted by atomic mass is 9.73. The number of aliphatic hydroxyl groups is 1. The molecular weight excluding hydrogens is 408 g/mol. The Morgan fingerprint density at radius 2 is 1.81 bits per heavy atom. The fourth-order valence-electron chi connectivity index (χ4n) is 5.61. The average molecular weight is 449 g/mol. The average Bonchev–Trinajstić information content (AvgIpc) is 3.47. The van der Waals surface area contributed by atoms with Crippen molar-refractivity contribution in [3.63, 3.8) is 0 Å². The molecule has 0 bridgehead atoms. The molecule has 0 aromatic carbocycles. The van der Waals surface area contributed by atoms with Crippen molar-refractivity contribution in [3.8, 4) is 0 Å². The lowest BCUT2D eigenvalue weighted by Gasteiger charge is -2.41. The van der Waals surface area contributed by atoms with Crippen molar-refractivity contribution in [1.82, 2.24) is 0 Å². The van der Waals surface area contributed by atoms with Gasteiger partial charge in [-0.15, -0.1) is 0 Å². The van der Waals surface area contributed by atoms with Gasteiger partial charge in [0.1, 0.15) is 6.10 Å². The van der Waals surface area contributed by atoms with Gasteiger partial charge in [-0.25, -0.2) is 0 Å². The molecule has 2 saturated carbocycles. The zero-order chi connectivity index (χ0) is 23.8. The molecule has 5 unspecified atom stereocenters. The van der Waals surface area contributed by atoms with Crippen LogP contribution in [0.5, 0.6) is 0 Å². The Morgan fingerprint density at radius 1 is 1.16 bits per heavy atom. The van der Waals surface area contributed by atoms with E-state index < -0.39 is 18.0 Å². The summed E-state index contributed by atoms with van der Waals surface area (Å²) in [7, 11) is 0. The molecule has 6 heteroatoms. The predicted molar refractivity (Wildman–Crippen MR) is 121 cm³/mol. The highest BCUT2D eigenvalue weighted by molar-refractivity contribution is 5.67. The molecule has 0 spiro atoms. The van der Waals surface area contributed by atoms with E-state index in [1.165, 1.54) is 13.8 Å². The van der Waals surface area contributed by atoms with E-state index in [2.05, 4.69) is 20.4 Å². The molecule has 0 aromatic heterocycles. The third-order valence-electron chi connectivity index (χ3n) is 7.83. The fourth-order valence-corrected chi connectivity index (χ4v) is 5.61. The molecule has 180 valence electrons. The van der Waals surface area contributed by atoms with E-state index >= 15 is 0 Å². The maximum atomic E-state index is 12.1. The van der Waals surface area contributed by atoms with E-state index in [4.69, 9.17) is 14.2 Å². The van der Waals surface area contributed by atoms with Gasteiger partial charge >= 0.3 is 11.9 Å². The van der Waals surface area contributed by atoms with Gasteiger partial charge < -0.3 is 19.3 Å². The number of hydrogen-bond acceptors (Lipinski definition) is 6. The topological polar surface area (TPSA) is 82.1 Å². The predicted octanol–water partition coefficient (Wildman–Crippen LogP) is 4.76. The van der Waals surface area contributed by atoms with Crippen LogP contribution >= 0.6 is 0 Å². The van der Waals surface area contributed by atoms with Gasteiger partial charge in [0.2, 0.25) is 6.29 Å². The van der Waals surface area contributed by atoms with Gasteiger partial charge in [-0.1, -0.05) is 26.0 Å². The van der Waals surface area contributed by atoms with Crippen LogP contribution in [0.3, 0.4) is 0 Å². The van der Waals surface area contributed by atoms with Crippen LogP contribution in [0.2, 0.25) is 0 Å². The van der Waals surface area contributed by atoms with E-state index in [9.17, 15) is 14.7 Å². The van der Waals surface area contributed by atoms with Gasteiger partial charge in [-0.2, -0.15) is 0 Å². The van der Waals surface area contributed by atoms with Crippen molar-refractivity contribution >= 4 is 11.9 Å². The Morgan fingerprint density at radius 3 is 2.38 bits per heavy atom. The monoisotopic (exact) mass is 448 g/mol. The maximum Gasteiger partial charge on any atom is 0.305 e. The minimum Gasteiger partial charge on any atom is -0.462 e. The highest BCUT2D eigenvalue weighted by Gasteiger charge is 2.55. The van der Waals surface area contributed by atoms with Crippen molar-refractivity contribution < 1.29 is 28.9 Å². The van der Waals surface area contributed by atoms with Crippen LogP contribution in [0.4, 0.5) is 0 Å². The standard InChI is InChI=1S/C26H40O6/c1-14-8-9-16(3)23-19(11-10-15(14)2)21(13-30-25(23)32-18(5)28)24(31-17(4)27)20-12-22(20)26(6,7)29/h13-15,19-20,22-25,29H,3,8-12H2,1-2,4-7H3/t14?,15?,19-,20?,22?,23+,24?,25-/m1/s1. The van der Waals surface area contributed by atoms with Crippen LogP contribution in [0.1, 0.15) is 73.6 Å². The molecule has 0 saturated heterocycles. The molecule has 32 heavy (non-hydrogen) atoms. The molecule has 2 aliphatic carbocycles. The summed E-state index contributed by atoms with van der Waals surface area (Å²) >= 11 is 0. The lowest BCUT2D eigenvalue weighted by Crippen LogP contribution is -2.42. The van der Waals surface area contributed by atoms with Gasteiger partial charge in [0, 0.05) is 31.3 Å². The molecule has 3 rings (SSSR count). The first-order valence-electron chi connectivity index (χ1n) is 12.0. The van der Waals surface area contributed by atoms with Crippen LogP contribution in [0.25, 0.3) is 0 Å². The van der Waals surface area contributed by atoms with Gasteiger partial charge in [0.05, 0.1) is 17.8 Å². The molecule has 1 N–H and O–H groups in total. The van der Waals surface area contributed by atoms with E-state index in [-0.39, 0.29) is 35.6 Å². The number of fused-ring (bicyclic) bond motifs is 1. The SMILES string of the molecule is C=C1CCC(C)C(C)CC[C@@H]2C(C(OC(C)=O)C3CC3C(C)(C)O)=CO[C@H](OC(C)=O)[C@@H]12. The smallest absolute Gasteiger partial charge is 0.305 e. The van der Waals surface area contributed by atoms with Crippen molar-refractivity contribution in [2.24, 2.45) is 35.5 Å². The summed E-state index contributed by atoms with van der Waals surface area (Å²) in [5.74, 6) is 0.290. The third-order valence-corrected chi connectivity index (χ3v) is 7.83. The second-order valence-corrected chi connectivity index (χ2v) is 10.8. The summed E-state index contributed by atoms with van der Waals surface area (Å²) in [6.07, 6.45) is 5.03. The molecule has 1 aliphatic heterocycles. The van der Waals surface area contributed by atoms with Crippen molar-refractivity contribution in [2.75, 3.05) is 0 Å². The highest BCUT2D eigenvalue weighted by atomic mass is 16.7. The largest absolute Gasteiger partial charge is 0.462 e. The Labute approximate surface area is 192 Å². The normalized spacial score (nSPS) is 36.3. The highest BCUT2D eigenvalue weighted by Crippen LogP contribution is 2.54. The number of ether oxygens (including phenoxy) is 3. The molecule has 1 heterocycles. The van der Waals surface area contributed by atoms with Crippen LogP contribution < -0.4 is 0 Å². The van der Waals surface area contributed by atoms with Crippen LogP contribution in [0.15, 0.2) is 24.0 Å². The quantitative estimate of drug-likeness (QED) is 0.482. The summed E-state index contributed by atoms with van der Waals surface area (Å²) < 4.78 is 17.4. The Bertz CT molecular complexity index is 763. The fraction of sp³-hybridized carbons (Fsp3) is 0.769. The second kappa shape index (κ2) is 9.58. The van der Waals surface area contributed by atoms with Crippen molar-refractivity contribution in [3.05, 3.63) is 24.0 Å². The lowest BCUT2D eigenvalue weighted by molar-refractivity contribution is -0.181.